The highest BCUT2D eigenvalue weighted by atomic mass is 16.5. The van der Waals surface area contributed by atoms with Crippen LogP contribution in [0.2, 0.25) is 0 Å². The molecular weight excluding hydrogens is 292 g/mol. The first-order valence-corrected chi connectivity index (χ1v) is 8.27. The topological polar surface area (TPSA) is 50.8 Å². The zero-order valence-corrected chi connectivity index (χ0v) is 14.6. The molecule has 0 aromatic heterocycles. The Hall–Kier alpha value is -1.75. The number of carbonyl (C=O) groups excluding carboxylic acids is 1. The Morgan fingerprint density at radius 3 is 2.78 bits per heavy atom. The first-order chi connectivity index (χ1) is 11.0. The largest absolute Gasteiger partial charge is 0.497 e. The van der Waals surface area contributed by atoms with Gasteiger partial charge in [0.25, 0.3) is 0 Å². The van der Waals surface area contributed by atoms with Crippen LogP contribution in [0, 0.1) is 5.92 Å². The van der Waals surface area contributed by atoms with Crippen LogP contribution in [-0.2, 0) is 4.79 Å². The Bertz CT molecular complexity index is 531. The Labute approximate surface area is 139 Å². The molecule has 1 aromatic rings. The molecule has 1 aliphatic rings. The number of nitrogens with one attached hydrogen (secondary N) is 1. The molecule has 0 saturated carbocycles. The Balaban J connectivity index is 2.08. The molecule has 1 aliphatic heterocycles. The molecule has 1 atom stereocenters. The first-order valence-electron chi connectivity index (χ1n) is 8.27. The monoisotopic (exact) mass is 320 g/mol. The number of nitrogens with zero attached hydrogens (tertiary/aromatic N) is 1. The molecule has 1 amide bonds. The lowest BCUT2D eigenvalue weighted by Gasteiger charge is -2.26. The van der Waals surface area contributed by atoms with Crippen molar-refractivity contribution in [3.8, 4) is 11.5 Å². The molecule has 0 aliphatic carbocycles. The van der Waals surface area contributed by atoms with Crippen LogP contribution in [-0.4, -0.2) is 44.7 Å². The van der Waals surface area contributed by atoms with Crippen molar-refractivity contribution in [2.24, 2.45) is 5.92 Å². The fourth-order valence-electron chi connectivity index (χ4n) is 3.02. The van der Waals surface area contributed by atoms with Crippen LogP contribution in [0.25, 0.3) is 0 Å². The molecule has 0 bridgehead atoms. The average Bonchev–Trinajstić information content (AvgIpc) is 3.00. The molecular formula is C18H28N2O3. The molecule has 1 saturated heterocycles. The van der Waals surface area contributed by atoms with E-state index in [-0.39, 0.29) is 11.9 Å². The van der Waals surface area contributed by atoms with Gasteiger partial charge in [0.1, 0.15) is 11.5 Å². The van der Waals surface area contributed by atoms with E-state index in [1.54, 1.807) is 14.2 Å². The quantitative estimate of drug-likeness (QED) is 0.839. The van der Waals surface area contributed by atoms with E-state index in [1.165, 1.54) is 0 Å². The van der Waals surface area contributed by atoms with Gasteiger partial charge in [0.15, 0.2) is 0 Å². The lowest BCUT2D eigenvalue weighted by molar-refractivity contribution is -0.122. The molecule has 1 fully saturated rings. The molecule has 0 unspecified atom stereocenters. The maximum atomic E-state index is 12.1. The number of rotatable bonds is 7. The van der Waals surface area contributed by atoms with Crippen LogP contribution in [0.15, 0.2) is 18.2 Å². The van der Waals surface area contributed by atoms with Crippen molar-refractivity contribution < 1.29 is 14.3 Å². The van der Waals surface area contributed by atoms with Gasteiger partial charge in [-0.25, -0.2) is 0 Å². The van der Waals surface area contributed by atoms with Gasteiger partial charge in [-0.3, -0.25) is 9.69 Å². The summed E-state index contributed by atoms with van der Waals surface area (Å²) < 4.78 is 10.8. The zero-order chi connectivity index (χ0) is 16.8. The fourth-order valence-corrected chi connectivity index (χ4v) is 3.02. The maximum absolute atomic E-state index is 12.1. The minimum atomic E-state index is 0.0954. The Morgan fingerprint density at radius 2 is 2.13 bits per heavy atom. The molecule has 1 aromatic carbocycles. The van der Waals surface area contributed by atoms with E-state index in [4.69, 9.17) is 9.47 Å². The SMILES string of the molecule is COc1ccc([C@@H]2CCCN2CC(=O)NCC(C)C)c(OC)c1. The molecule has 0 spiro atoms. The van der Waals surface area contributed by atoms with Crippen LogP contribution in [0.1, 0.15) is 38.3 Å². The number of carbonyl (C=O) groups is 1. The summed E-state index contributed by atoms with van der Waals surface area (Å²) >= 11 is 0. The first kappa shape index (κ1) is 17.6. The minimum Gasteiger partial charge on any atom is -0.497 e. The molecule has 1 N–H and O–H groups in total. The fraction of sp³-hybridized carbons (Fsp3) is 0.611. The van der Waals surface area contributed by atoms with Crippen molar-refractivity contribution >= 4 is 5.91 Å². The van der Waals surface area contributed by atoms with Crippen molar-refractivity contribution in [1.29, 1.82) is 0 Å². The van der Waals surface area contributed by atoms with E-state index in [0.717, 1.165) is 43.0 Å². The van der Waals surface area contributed by atoms with Gasteiger partial charge in [0, 0.05) is 24.2 Å². The van der Waals surface area contributed by atoms with Gasteiger partial charge in [-0.2, -0.15) is 0 Å². The second kappa shape index (κ2) is 8.20. The molecule has 5 nitrogen and oxygen atoms in total. The van der Waals surface area contributed by atoms with Gasteiger partial charge < -0.3 is 14.8 Å². The van der Waals surface area contributed by atoms with Gasteiger partial charge >= 0.3 is 0 Å². The third-order valence-corrected chi connectivity index (χ3v) is 4.22. The summed E-state index contributed by atoms with van der Waals surface area (Å²) in [5.41, 5.74) is 1.13. The second-order valence-corrected chi connectivity index (χ2v) is 6.43. The minimum absolute atomic E-state index is 0.0954. The predicted molar refractivity (Wildman–Crippen MR) is 90.9 cm³/mol. The third kappa shape index (κ3) is 4.61. The lowest BCUT2D eigenvalue weighted by Crippen LogP contribution is -2.38. The van der Waals surface area contributed by atoms with Crippen molar-refractivity contribution in [1.82, 2.24) is 10.2 Å². The number of hydrogen-bond donors (Lipinski definition) is 1. The van der Waals surface area contributed by atoms with E-state index in [2.05, 4.69) is 24.1 Å². The van der Waals surface area contributed by atoms with E-state index in [9.17, 15) is 4.79 Å². The maximum Gasteiger partial charge on any atom is 0.234 e. The predicted octanol–water partition coefficient (Wildman–Crippen LogP) is 2.61. The number of hydrogen-bond acceptors (Lipinski definition) is 4. The van der Waals surface area contributed by atoms with Gasteiger partial charge in [-0.1, -0.05) is 19.9 Å². The summed E-state index contributed by atoms with van der Waals surface area (Å²) in [7, 11) is 3.32. The summed E-state index contributed by atoms with van der Waals surface area (Å²) in [4.78, 5) is 14.4. The van der Waals surface area contributed by atoms with Crippen LogP contribution in [0.5, 0.6) is 11.5 Å². The highest BCUT2D eigenvalue weighted by Gasteiger charge is 2.29. The number of methoxy groups -OCH3 is 2. The van der Waals surface area contributed by atoms with Crippen molar-refractivity contribution in [3.63, 3.8) is 0 Å². The van der Waals surface area contributed by atoms with E-state index in [1.807, 2.05) is 18.2 Å². The highest BCUT2D eigenvalue weighted by Crippen LogP contribution is 2.38. The molecule has 128 valence electrons. The number of ether oxygens (including phenoxy) is 2. The summed E-state index contributed by atoms with van der Waals surface area (Å²) in [6.07, 6.45) is 2.14. The summed E-state index contributed by atoms with van der Waals surface area (Å²) in [6, 6.07) is 6.13. The number of amides is 1. The van der Waals surface area contributed by atoms with Crippen LogP contribution in [0.3, 0.4) is 0 Å². The summed E-state index contributed by atoms with van der Waals surface area (Å²) in [5.74, 6) is 2.17. The van der Waals surface area contributed by atoms with E-state index in [0.29, 0.717) is 12.5 Å². The number of benzene rings is 1. The number of likely N-dealkylation sites (tertiary alicyclic amines) is 1. The lowest BCUT2D eigenvalue weighted by atomic mass is 10.0. The standard InChI is InChI=1S/C18H28N2O3/c1-13(2)11-19-18(21)12-20-9-5-6-16(20)15-8-7-14(22-3)10-17(15)23-4/h7-8,10,13,16H,5-6,9,11-12H2,1-4H3,(H,19,21)/t16-/m0/s1. The Morgan fingerprint density at radius 1 is 1.35 bits per heavy atom. The molecule has 1 heterocycles. The van der Waals surface area contributed by atoms with Gasteiger partial charge in [0.2, 0.25) is 5.91 Å². The van der Waals surface area contributed by atoms with Gasteiger partial charge in [0.05, 0.1) is 20.8 Å². The normalized spacial score (nSPS) is 18.2. The molecule has 2 rings (SSSR count). The zero-order valence-electron chi connectivity index (χ0n) is 14.6. The van der Waals surface area contributed by atoms with Crippen LogP contribution >= 0.6 is 0 Å². The average molecular weight is 320 g/mol. The van der Waals surface area contributed by atoms with Crippen molar-refractivity contribution in [3.05, 3.63) is 23.8 Å². The van der Waals surface area contributed by atoms with E-state index >= 15 is 0 Å². The van der Waals surface area contributed by atoms with E-state index < -0.39 is 0 Å². The third-order valence-electron chi connectivity index (χ3n) is 4.22. The van der Waals surface area contributed by atoms with Crippen LogP contribution < -0.4 is 14.8 Å². The summed E-state index contributed by atoms with van der Waals surface area (Å²) in [6.45, 7) is 6.30. The van der Waals surface area contributed by atoms with Crippen molar-refractivity contribution in [2.45, 2.75) is 32.7 Å². The Kier molecular flexibility index (Phi) is 6.28. The van der Waals surface area contributed by atoms with Crippen molar-refractivity contribution in [2.75, 3.05) is 33.9 Å². The second-order valence-electron chi connectivity index (χ2n) is 6.43. The smallest absolute Gasteiger partial charge is 0.234 e. The van der Waals surface area contributed by atoms with Gasteiger partial charge in [-0.15, -0.1) is 0 Å². The van der Waals surface area contributed by atoms with Crippen LogP contribution in [0.4, 0.5) is 0 Å². The highest BCUT2D eigenvalue weighted by molar-refractivity contribution is 5.78. The van der Waals surface area contributed by atoms with Gasteiger partial charge in [-0.05, 0) is 31.4 Å². The molecule has 5 heteroatoms. The molecule has 0 radical (unpaired) electrons. The molecule has 23 heavy (non-hydrogen) atoms. The summed E-state index contributed by atoms with van der Waals surface area (Å²) in [5, 5.41) is 3.00.